The van der Waals surface area contributed by atoms with Gasteiger partial charge in [-0.15, -0.1) is 0 Å². The number of allylic oxidation sites excluding steroid dienone is 1. The Hall–Kier alpha value is -1.95. The molecule has 0 N–H and O–H groups in total. The molecule has 0 aromatic rings. The fraction of sp³-hybridized carbons (Fsp3) is 0.375. The Bertz CT molecular complexity index is 446. The standard InChI is InChI=1S/C5H2F4O3.C3F6/c6-4(7)1-2-11-3(10)12-5(4,8)9;4-1(2(5)6)3(7,8)9/h1-2H;. The van der Waals surface area contributed by atoms with Crippen LogP contribution in [0, 0.1) is 0 Å². The van der Waals surface area contributed by atoms with E-state index in [1.807, 2.05) is 0 Å². The van der Waals surface area contributed by atoms with Crippen LogP contribution in [0.1, 0.15) is 0 Å². The molecule has 0 aliphatic carbocycles. The zero-order valence-electron chi connectivity index (χ0n) is 9.16. The molecule has 21 heavy (non-hydrogen) atoms. The van der Waals surface area contributed by atoms with Crippen LogP contribution in [0.4, 0.5) is 48.7 Å². The third kappa shape index (κ3) is 5.51. The second-order valence-electron chi connectivity index (χ2n) is 2.98. The van der Waals surface area contributed by atoms with Gasteiger partial charge in [0.1, 0.15) is 6.26 Å². The Kier molecular flexibility index (Phi) is 5.64. The summed E-state index contributed by atoms with van der Waals surface area (Å²) in [6, 6.07) is 0. The van der Waals surface area contributed by atoms with Crippen LogP contribution < -0.4 is 0 Å². The minimum Gasteiger partial charge on any atom is -0.403 e. The van der Waals surface area contributed by atoms with E-state index in [0.29, 0.717) is 0 Å². The van der Waals surface area contributed by atoms with Crippen molar-refractivity contribution in [2.75, 3.05) is 0 Å². The predicted molar refractivity (Wildman–Crippen MR) is 43.0 cm³/mol. The van der Waals surface area contributed by atoms with Crippen molar-refractivity contribution in [3.63, 3.8) is 0 Å². The van der Waals surface area contributed by atoms with Crippen LogP contribution in [0.15, 0.2) is 24.2 Å². The maximum atomic E-state index is 12.2. The molecule has 1 rings (SSSR count). The first-order valence-electron chi connectivity index (χ1n) is 4.31. The maximum Gasteiger partial charge on any atom is 0.518 e. The molecule has 1 aliphatic heterocycles. The molecule has 3 nitrogen and oxygen atoms in total. The minimum absolute atomic E-state index is 0.156. The van der Waals surface area contributed by atoms with Crippen molar-refractivity contribution < 1.29 is 58.2 Å². The van der Waals surface area contributed by atoms with Crippen LogP contribution in [0.5, 0.6) is 0 Å². The molecule has 0 bridgehead atoms. The summed E-state index contributed by atoms with van der Waals surface area (Å²) in [7, 11) is 0. The Morgan fingerprint density at radius 3 is 1.86 bits per heavy atom. The van der Waals surface area contributed by atoms with Crippen molar-refractivity contribution in [1.82, 2.24) is 0 Å². The van der Waals surface area contributed by atoms with Gasteiger partial charge in [0, 0.05) is 6.08 Å². The van der Waals surface area contributed by atoms with Gasteiger partial charge in [-0.1, -0.05) is 0 Å². The van der Waals surface area contributed by atoms with Crippen molar-refractivity contribution in [2.24, 2.45) is 0 Å². The van der Waals surface area contributed by atoms with Crippen LogP contribution in [-0.4, -0.2) is 24.4 Å². The molecular formula is C8H2F10O3. The second kappa shape index (κ2) is 6.22. The summed E-state index contributed by atoms with van der Waals surface area (Å²) < 4.78 is 120. The summed E-state index contributed by atoms with van der Waals surface area (Å²) in [6.45, 7) is 0. The summed E-state index contributed by atoms with van der Waals surface area (Å²) in [6.07, 6.45) is -15.7. The first-order valence-corrected chi connectivity index (χ1v) is 4.31. The number of rotatable bonds is 0. The number of hydrogen-bond donors (Lipinski definition) is 0. The molecule has 0 aromatic carbocycles. The highest BCUT2D eigenvalue weighted by atomic mass is 19.4. The minimum atomic E-state index is -5.56. The molecular weight excluding hydrogens is 334 g/mol. The summed E-state index contributed by atoms with van der Waals surface area (Å²) in [5.74, 6) is -7.87. The van der Waals surface area contributed by atoms with Gasteiger partial charge in [-0.25, -0.2) is 4.79 Å². The van der Waals surface area contributed by atoms with E-state index < -0.39 is 36.3 Å². The van der Waals surface area contributed by atoms with Gasteiger partial charge in [0.15, 0.2) is 0 Å². The highest BCUT2D eigenvalue weighted by Crippen LogP contribution is 2.38. The molecule has 1 aliphatic rings. The van der Waals surface area contributed by atoms with E-state index in [1.54, 1.807) is 0 Å². The molecule has 0 aromatic heterocycles. The van der Waals surface area contributed by atoms with Crippen LogP contribution in [0.25, 0.3) is 0 Å². The molecule has 122 valence electrons. The molecule has 0 atom stereocenters. The van der Waals surface area contributed by atoms with Gasteiger partial charge in [-0.05, 0) is 0 Å². The highest BCUT2D eigenvalue weighted by molar-refractivity contribution is 5.61. The maximum absolute atomic E-state index is 12.2. The Morgan fingerprint density at radius 2 is 1.52 bits per heavy atom. The van der Waals surface area contributed by atoms with Gasteiger partial charge >= 0.3 is 30.4 Å². The average molecular weight is 336 g/mol. The van der Waals surface area contributed by atoms with E-state index in [9.17, 15) is 48.7 Å². The number of carbonyl (C=O) groups is 1. The third-order valence-corrected chi connectivity index (χ3v) is 1.46. The lowest BCUT2D eigenvalue weighted by Crippen LogP contribution is -2.41. The topological polar surface area (TPSA) is 35.5 Å². The lowest BCUT2D eigenvalue weighted by Gasteiger charge is -2.19. The number of ether oxygens (including phenoxy) is 2. The Labute approximate surface area is 108 Å². The fourth-order valence-corrected chi connectivity index (χ4v) is 0.576. The van der Waals surface area contributed by atoms with Crippen LogP contribution in [0.2, 0.25) is 0 Å². The van der Waals surface area contributed by atoms with E-state index in [2.05, 4.69) is 9.47 Å². The summed E-state index contributed by atoms with van der Waals surface area (Å²) >= 11 is 0. The first-order chi connectivity index (χ1) is 9.21. The van der Waals surface area contributed by atoms with E-state index in [4.69, 9.17) is 0 Å². The normalized spacial score (nSPS) is 19.4. The Morgan fingerprint density at radius 1 is 1.05 bits per heavy atom. The van der Waals surface area contributed by atoms with E-state index in [-0.39, 0.29) is 12.3 Å². The second-order valence-corrected chi connectivity index (χ2v) is 2.98. The van der Waals surface area contributed by atoms with Gasteiger partial charge < -0.3 is 9.47 Å². The zero-order valence-corrected chi connectivity index (χ0v) is 9.16. The third-order valence-electron chi connectivity index (χ3n) is 1.46. The SMILES string of the molecule is FC(F)=C(F)C(F)(F)F.O=C1OC=CC(F)(F)C(F)(F)O1. The smallest absolute Gasteiger partial charge is 0.403 e. The number of carbonyl (C=O) groups excluding carboxylic acids is 1. The van der Waals surface area contributed by atoms with Gasteiger partial charge in [0.05, 0.1) is 0 Å². The molecule has 13 heteroatoms. The summed E-state index contributed by atoms with van der Waals surface area (Å²) in [4.78, 5) is 10.1. The van der Waals surface area contributed by atoms with E-state index in [0.717, 1.165) is 0 Å². The largest absolute Gasteiger partial charge is 0.518 e. The lowest BCUT2D eigenvalue weighted by molar-refractivity contribution is -0.304. The molecule has 0 radical (unpaired) electrons. The molecule has 0 saturated heterocycles. The first kappa shape index (κ1) is 19.1. The fourth-order valence-electron chi connectivity index (χ4n) is 0.576. The molecule has 0 fully saturated rings. The quantitative estimate of drug-likeness (QED) is 0.482. The van der Waals surface area contributed by atoms with Crippen molar-refractivity contribution in [2.45, 2.75) is 18.2 Å². The van der Waals surface area contributed by atoms with Crippen LogP contribution in [0.3, 0.4) is 0 Å². The number of halogens is 10. The van der Waals surface area contributed by atoms with Gasteiger partial charge in [-0.2, -0.15) is 43.9 Å². The zero-order chi connectivity index (χ0) is 17.1. The average Bonchev–Trinajstić information content (AvgIpc) is 2.33. The van der Waals surface area contributed by atoms with Crippen LogP contribution >= 0.6 is 0 Å². The number of hydrogen-bond acceptors (Lipinski definition) is 3. The van der Waals surface area contributed by atoms with Crippen molar-refractivity contribution in [1.29, 1.82) is 0 Å². The molecule has 0 spiro atoms. The van der Waals surface area contributed by atoms with E-state index >= 15 is 0 Å². The molecule has 0 amide bonds. The van der Waals surface area contributed by atoms with E-state index in [1.165, 1.54) is 0 Å². The highest BCUT2D eigenvalue weighted by Gasteiger charge is 2.60. The molecule has 1 heterocycles. The predicted octanol–water partition coefficient (Wildman–Crippen LogP) is 4.52. The Balaban J connectivity index is 0.000000400. The van der Waals surface area contributed by atoms with Crippen molar-refractivity contribution in [3.8, 4) is 0 Å². The van der Waals surface area contributed by atoms with Gasteiger partial charge in [0.2, 0.25) is 0 Å². The summed E-state index contributed by atoms with van der Waals surface area (Å²) in [5, 5.41) is 0. The molecule has 0 saturated carbocycles. The molecule has 0 unspecified atom stereocenters. The summed E-state index contributed by atoms with van der Waals surface area (Å²) in [5.41, 5.74) is 0. The number of alkyl halides is 7. The lowest BCUT2D eigenvalue weighted by atomic mass is 10.3. The monoisotopic (exact) mass is 336 g/mol. The van der Waals surface area contributed by atoms with Gasteiger partial charge in [-0.3, -0.25) is 0 Å². The van der Waals surface area contributed by atoms with Crippen molar-refractivity contribution in [3.05, 3.63) is 24.2 Å². The van der Waals surface area contributed by atoms with Crippen molar-refractivity contribution >= 4 is 6.16 Å². The van der Waals surface area contributed by atoms with Crippen LogP contribution in [-0.2, 0) is 9.47 Å². The van der Waals surface area contributed by atoms with Gasteiger partial charge in [0.25, 0.3) is 5.83 Å². The number of cyclic esters (lactones) is 2.